The van der Waals surface area contributed by atoms with Crippen LogP contribution in [0.2, 0.25) is 0 Å². The maximum Gasteiger partial charge on any atom is 0.274 e. The molecule has 0 saturated heterocycles. The highest BCUT2D eigenvalue weighted by Crippen LogP contribution is 2.15. The molecule has 0 saturated carbocycles. The number of hydrogen-bond acceptors (Lipinski definition) is 6. The van der Waals surface area contributed by atoms with E-state index in [0.29, 0.717) is 11.5 Å². The van der Waals surface area contributed by atoms with E-state index in [4.69, 9.17) is 4.42 Å². The Hall–Kier alpha value is -2.44. The Morgan fingerprint density at radius 3 is 2.79 bits per heavy atom. The Labute approximate surface area is 109 Å². The van der Waals surface area contributed by atoms with Crippen molar-refractivity contribution >= 4 is 12.2 Å². The SMILES string of the molecule is CC(C)(C)c1nnc(N/N=C/c2ccco2)[nH]c1=O. The molecule has 2 rings (SSSR count). The molecule has 2 N–H and O–H groups in total. The zero-order valence-corrected chi connectivity index (χ0v) is 11.0. The summed E-state index contributed by atoms with van der Waals surface area (Å²) in [7, 11) is 0. The van der Waals surface area contributed by atoms with Crippen LogP contribution in [0, 0.1) is 0 Å². The summed E-state index contributed by atoms with van der Waals surface area (Å²) in [6.07, 6.45) is 3.01. The van der Waals surface area contributed by atoms with Crippen LogP contribution in [0.4, 0.5) is 5.95 Å². The van der Waals surface area contributed by atoms with Gasteiger partial charge in [-0.05, 0) is 12.1 Å². The van der Waals surface area contributed by atoms with Gasteiger partial charge in [0.05, 0.1) is 12.5 Å². The van der Waals surface area contributed by atoms with Crippen LogP contribution in [-0.2, 0) is 5.41 Å². The van der Waals surface area contributed by atoms with Crippen molar-refractivity contribution in [2.24, 2.45) is 5.10 Å². The van der Waals surface area contributed by atoms with Crippen LogP contribution in [0.1, 0.15) is 32.2 Å². The van der Waals surface area contributed by atoms with Gasteiger partial charge in [-0.3, -0.25) is 9.78 Å². The first-order chi connectivity index (χ1) is 8.97. The number of anilines is 1. The van der Waals surface area contributed by atoms with Crippen LogP contribution in [0.5, 0.6) is 0 Å². The van der Waals surface area contributed by atoms with E-state index in [2.05, 4.69) is 25.7 Å². The topological polar surface area (TPSA) is 96.2 Å². The Balaban J connectivity index is 2.11. The van der Waals surface area contributed by atoms with Crippen molar-refractivity contribution in [1.29, 1.82) is 0 Å². The van der Waals surface area contributed by atoms with Crippen molar-refractivity contribution in [3.8, 4) is 0 Å². The summed E-state index contributed by atoms with van der Waals surface area (Å²) in [6.45, 7) is 5.69. The molecule has 7 nitrogen and oxygen atoms in total. The molecule has 2 aromatic heterocycles. The summed E-state index contributed by atoms with van der Waals surface area (Å²) in [5, 5.41) is 11.7. The van der Waals surface area contributed by atoms with E-state index in [1.165, 1.54) is 6.21 Å². The van der Waals surface area contributed by atoms with Gasteiger partial charge in [0, 0.05) is 5.41 Å². The first-order valence-corrected chi connectivity index (χ1v) is 5.77. The second-order valence-electron chi connectivity index (χ2n) is 4.99. The summed E-state index contributed by atoms with van der Waals surface area (Å²) in [5.74, 6) is 0.773. The van der Waals surface area contributed by atoms with Gasteiger partial charge in [0.2, 0.25) is 5.95 Å². The summed E-state index contributed by atoms with van der Waals surface area (Å²) in [5.41, 5.74) is 2.34. The second-order valence-corrected chi connectivity index (χ2v) is 4.99. The van der Waals surface area contributed by atoms with E-state index in [-0.39, 0.29) is 16.9 Å². The number of aromatic nitrogens is 3. The summed E-state index contributed by atoms with van der Waals surface area (Å²) in [6, 6.07) is 3.50. The normalized spacial score (nSPS) is 11.9. The van der Waals surface area contributed by atoms with E-state index in [0.717, 1.165) is 0 Å². The minimum absolute atomic E-state index is 0.181. The molecule has 0 spiro atoms. The molecule has 0 aliphatic rings. The highest BCUT2D eigenvalue weighted by molar-refractivity contribution is 5.76. The maximum absolute atomic E-state index is 11.8. The molecule has 100 valence electrons. The summed E-state index contributed by atoms with van der Waals surface area (Å²) < 4.78 is 5.06. The first kappa shape index (κ1) is 13.0. The van der Waals surface area contributed by atoms with Gasteiger partial charge in [0.1, 0.15) is 11.5 Å². The van der Waals surface area contributed by atoms with Gasteiger partial charge in [-0.2, -0.15) is 5.10 Å². The molecular weight excluding hydrogens is 246 g/mol. The number of hydrogen-bond donors (Lipinski definition) is 2. The van der Waals surface area contributed by atoms with Crippen molar-refractivity contribution < 1.29 is 4.42 Å². The highest BCUT2D eigenvalue weighted by Gasteiger charge is 2.20. The van der Waals surface area contributed by atoms with Gasteiger partial charge in [0.25, 0.3) is 5.56 Å². The smallest absolute Gasteiger partial charge is 0.274 e. The molecule has 0 atom stereocenters. The zero-order valence-electron chi connectivity index (χ0n) is 11.0. The van der Waals surface area contributed by atoms with Crippen molar-refractivity contribution in [3.63, 3.8) is 0 Å². The van der Waals surface area contributed by atoms with Gasteiger partial charge in [-0.1, -0.05) is 20.8 Å². The Kier molecular flexibility index (Phi) is 3.46. The van der Waals surface area contributed by atoms with Gasteiger partial charge in [0.15, 0.2) is 0 Å². The Bertz CT molecular complexity index is 622. The quantitative estimate of drug-likeness (QED) is 0.644. The van der Waals surface area contributed by atoms with Crippen molar-refractivity contribution in [2.75, 3.05) is 5.43 Å². The van der Waals surface area contributed by atoms with Crippen LogP contribution in [0.3, 0.4) is 0 Å². The monoisotopic (exact) mass is 261 g/mol. The highest BCUT2D eigenvalue weighted by atomic mass is 16.3. The van der Waals surface area contributed by atoms with E-state index in [1.54, 1.807) is 18.4 Å². The number of hydrazone groups is 1. The van der Waals surface area contributed by atoms with Gasteiger partial charge in [-0.15, -0.1) is 10.2 Å². The average molecular weight is 261 g/mol. The predicted molar refractivity (Wildman–Crippen MR) is 71.3 cm³/mol. The van der Waals surface area contributed by atoms with Crippen LogP contribution in [0.25, 0.3) is 0 Å². The summed E-state index contributed by atoms with van der Waals surface area (Å²) in [4.78, 5) is 14.4. The molecule has 19 heavy (non-hydrogen) atoms. The fraction of sp³-hybridized carbons (Fsp3) is 0.333. The molecule has 0 amide bonds. The van der Waals surface area contributed by atoms with Crippen molar-refractivity contribution in [3.05, 3.63) is 40.2 Å². The summed E-state index contributed by atoms with van der Waals surface area (Å²) >= 11 is 0. The van der Waals surface area contributed by atoms with Crippen LogP contribution < -0.4 is 11.0 Å². The Morgan fingerprint density at radius 1 is 1.42 bits per heavy atom. The van der Waals surface area contributed by atoms with Gasteiger partial charge >= 0.3 is 0 Å². The van der Waals surface area contributed by atoms with Gasteiger partial charge < -0.3 is 4.42 Å². The third-order valence-corrected chi connectivity index (χ3v) is 2.31. The van der Waals surface area contributed by atoms with E-state index >= 15 is 0 Å². The Morgan fingerprint density at radius 2 is 2.21 bits per heavy atom. The lowest BCUT2D eigenvalue weighted by Gasteiger charge is -2.15. The number of nitrogens with one attached hydrogen (secondary N) is 2. The lowest BCUT2D eigenvalue weighted by Crippen LogP contribution is -2.28. The predicted octanol–water partition coefficient (Wildman–Crippen LogP) is 1.50. The van der Waals surface area contributed by atoms with Crippen molar-refractivity contribution in [1.82, 2.24) is 15.2 Å². The molecule has 7 heteroatoms. The number of nitrogens with zero attached hydrogens (tertiary/aromatic N) is 3. The molecule has 2 aromatic rings. The molecule has 0 fully saturated rings. The first-order valence-electron chi connectivity index (χ1n) is 5.77. The molecule has 0 aliphatic heterocycles. The van der Waals surface area contributed by atoms with Crippen LogP contribution in [-0.4, -0.2) is 21.4 Å². The standard InChI is InChI=1S/C12H15N5O2/c1-12(2,3)9-10(18)14-11(17-15-9)16-13-7-8-5-4-6-19-8/h4-7H,1-3H3,(H2,14,16,17,18)/b13-7+. The van der Waals surface area contributed by atoms with Crippen molar-refractivity contribution in [2.45, 2.75) is 26.2 Å². The number of rotatable bonds is 3. The van der Waals surface area contributed by atoms with Crippen LogP contribution in [0.15, 0.2) is 32.7 Å². The third kappa shape index (κ3) is 3.27. The minimum atomic E-state index is -0.351. The fourth-order valence-electron chi connectivity index (χ4n) is 1.40. The van der Waals surface area contributed by atoms with E-state index in [9.17, 15) is 4.79 Å². The lowest BCUT2D eigenvalue weighted by atomic mass is 9.93. The second kappa shape index (κ2) is 5.05. The zero-order chi connectivity index (χ0) is 13.9. The minimum Gasteiger partial charge on any atom is -0.463 e. The molecule has 2 heterocycles. The number of furan rings is 1. The number of aromatic amines is 1. The average Bonchev–Trinajstić information content (AvgIpc) is 2.80. The van der Waals surface area contributed by atoms with Crippen LogP contribution >= 0.6 is 0 Å². The molecule has 0 aliphatic carbocycles. The van der Waals surface area contributed by atoms with E-state index < -0.39 is 0 Å². The molecule has 0 radical (unpaired) electrons. The third-order valence-electron chi connectivity index (χ3n) is 2.31. The molecular formula is C12H15N5O2. The molecule has 0 aromatic carbocycles. The van der Waals surface area contributed by atoms with E-state index in [1.807, 2.05) is 20.8 Å². The largest absolute Gasteiger partial charge is 0.463 e. The molecule has 0 bridgehead atoms. The molecule has 0 unspecified atom stereocenters. The fourth-order valence-corrected chi connectivity index (χ4v) is 1.40. The van der Waals surface area contributed by atoms with Gasteiger partial charge in [-0.25, -0.2) is 5.43 Å². The maximum atomic E-state index is 11.8. The number of H-pyrrole nitrogens is 1. The lowest BCUT2D eigenvalue weighted by molar-refractivity contribution is 0.547.